The molecule has 25 heavy (non-hydrogen) atoms. The van der Waals surface area contributed by atoms with Crippen molar-refractivity contribution in [1.82, 2.24) is 35.0 Å². The van der Waals surface area contributed by atoms with Crippen molar-refractivity contribution >= 4 is 11.8 Å². The highest BCUT2D eigenvalue weighted by molar-refractivity contribution is 7.98. The van der Waals surface area contributed by atoms with E-state index < -0.39 is 0 Å². The van der Waals surface area contributed by atoms with Gasteiger partial charge in [0, 0.05) is 6.54 Å². The Morgan fingerprint density at radius 3 is 2.68 bits per heavy atom. The molecule has 0 bridgehead atoms. The van der Waals surface area contributed by atoms with Crippen molar-refractivity contribution in [3.05, 3.63) is 54.6 Å². The maximum atomic E-state index is 5.43. The van der Waals surface area contributed by atoms with E-state index in [9.17, 15) is 0 Å². The Bertz CT molecular complexity index is 946. The van der Waals surface area contributed by atoms with Gasteiger partial charge in [-0.1, -0.05) is 30.0 Å². The summed E-state index contributed by atoms with van der Waals surface area (Å²) in [5, 5.41) is 21.3. The number of hydrogen-bond donors (Lipinski definition) is 0. The molecule has 0 saturated carbocycles. The monoisotopic (exact) mass is 353 g/mol. The lowest BCUT2D eigenvalue weighted by Crippen LogP contribution is -2.03. The topological polar surface area (TPSA) is 87.5 Å². The molecule has 0 aliphatic carbocycles. The molecular weight excluding hydrogens is 338 g/mol. The summed E-state index contributed by atoms with van der Waals surface area (Å²) in [4.78, 5) is 0. The van der Waals surface area contributed by atoms with Crippen LogP contribution in [0.1, 0.15) is 12.7 Å². The van der Waals surface area contributed by atoms with Crippen LogP contribution in [0.2, 0.25) is 0 Å². The zero-order chi connectivity index (χ0) is 17.1. The standard InChI is InChI=1S/C16H15N7OS/c1-2-22-15(13-9-6-10-24-13)18-19-16(22)25-11-14-17-20-21-23(14)12-7-4-3-5-8-12/h3-10H,2,11H2,1H3. The van der Waals surface area contributed by atoms with E-state index in [1.54, 1.807) is 22.7 Å². The molecule has 0 spiro atoms. The molecule has 8 nitrogen and oxygen atoms in total. The smallest absolute Gasteiger partial charge is 0.200 e. The molecule has 0 unspecified atom stereocenters. The average Bonchev–Trinajstić information content (AvgIpc) is 3.39. The third-order valence-corrected chi connectivity index (χ3v) is 4.60. The van der Waals surface area contributed by atoms with E-state index in [0.717, 1.165) is 29.0 Å². The number of benzene rings is 1. The number of nitrogens with zero attached hydrogens (tertiary/aromatic N) is 7. The SMILES string of the molecule is CCn1c(SCc2nnnn2-c2ccccc2)nnc1-c1ccco1. The predicted octanol–water partition coefficient (Wildman–Crippen LogP) is 2.83. The third-order valence-electron chi connectivity index (χ3n) is 3.64. The van der Waals surface area contributed by atoms with E-state index >= 15 is 0 Å². The minimum Gasteiger partial charge on any atom is -0.461 e. The molecule has 126 valence electrons. The molecule has 0 radical (unpaired) electrons. The summed E-state index contributed by atoms with van der Waals surface area (Å²) >= 11 is 1.54. The summed E-state index contributed by atoms with van der Waals surface area (Å²) < 4.78 is 9.18. The summed E-state index contributed by atoms with van der Waals surface area (Å²) in [6.45, 7) is 2.79. The van der Waals surface area contributed by atoms with Crippen LogP contribution in [0.5, 0.6) is 0 Å². The Hall–Kier alpha value is -2.94. The van der Waals surface area contributed by atoms with Crippen LogP contribution in [0.25, 0.3) is 17.3 Å². The lowest BCUT2D eigenvalue weighted by Gasteiger charge is -2.06. The van der Waals surface area contributed by atoms with Gasteiger partial charge in [-0.25, -0.2) is 0 Å². The van der Waals surface area contributed by atoms with Crippen LogP contribution in [-0.2, 0) is 12.3 Å². The second kappa shape index (κ2) is 6.89. The minimum absolute atomic E-state index is 0.582. The maximum absolute atomic E-state index is 5.43. The molecule has 3 aromatic heterocycles. The number of thioether (sulfide) groups is 1. The van der Waals surface area contributed by atoms with Crippen LogP contribution in [0.15, 0.2) is 58.3 Å². The van der Waals surface area contributed by atoms with Crippen molar-refractivity contribution in [3.63, 3.8) is 0 Å². The second-order valence-electron chi connectivity index (χ2n) is 5.16. The first kappa shape index (κ1) is 15.6. The number of para-hydroxylation sites is 1. The molecule has 3 heterocycles. The highest BCUT2D eigenvalue weighted by atomic mass is 32.2. The maximum Gasteiger partial charge on any atom is 0.200 e. The van der Waals surface area contributed by atoms with Crippen LogP contribution in [0.3, 0.4) is 0 Å². The lowest BCUT2D eigenvalue weighted by molar-refractivity contribution is 0.567. The molecule has 9 heteroatoms. The lowest BCUT2D eigenvalue weighted by atomic mass is 10.3. The highest BCUT2D eigenvalue weighted by Gasteiger charge is 2.16. The fourth-order valence-electron chi connectivity index (χ4n) is 2.46. The normalized spacial score (nSPS) is 11.1. The molecule has 0 N–H and O–H groups in total. The minimum atomic E-state index is 0.582. The van der Waals surface area contributed by atoms with Crippen molar-refractivity contribution < 1.29 is 4.42 Å². The Balaban J connectivity index is 1.56. The fraction of sp³-hybridized carbons (Fsp3) is 0.188. The van der Waals surface area contributed by atoms with Crippen LogP contribution in [-0.4, -0.2) is 35.0 Å². The van der Waals surface area contributed by atoms with Gasteiger partial charge in [0.2, 0.25) is 0 Å². The summed E-state index contributed by atoms with van der Waals surface area (Å²) in [6.07, 6.45) is 1.63. The van der Waals surface area contributed by atoms with E-state index in [2.05, 4.69) is 25.7 Å². The van der Waals surface area contributed by atoms with Gasteiger partial charge in [0.1, 0.15) is 0 Å². The zero-order valence-electron chi connectivity index (χ0n) is 13.5. The van der Waals surface area contributed by atoms with E-state index in [4.69, 9.17) is 4.42 Å². The van der Waals surface area contributed by atoms with Crippen molar-refractivity contribution in [3.8, 4) is 17.3 Å². The Kier molecular flexibility index (Phi) is 4.30. The first-order valence-electron chi connectivity index (χ1n) is 7.79. The quantitative estimate of drug-likeness (QED) is 0.493. The molecule has 1 aromatic carbocycles. The highest BCUT2D eigenvalue weighted by Crippen LogP contribution is 2.26. The predicted molar refractivity (Wildman–Crippen MR) is 92.1 cm³/mol. The third kappa shape index (κ3) is 3.05. The van der Waals surface area contributed by atoms with Gasteiger partial charge in [-0.2, -0.15) is 4.68 Å². The molecule has 0 aliphatic rings. The van der Waals surface area contributed by atoms with Crippen LogP contribution >= 0.6 is 11.8 Å². The van der Waals surface area contributed by atoms with Gasteiger partial charge in [-0.3, -0.25) is 4.57 Å². The number of tetrazole rings is 1. The van der Waals surface area contributed by atoms with Gasteiger partial charge >= 0.3 is 0 Å². The average molecular weight is 353 g/mol. The summed E-state index contributed by atoms with van der Waals surface area (Å²) in [5.74, 6) is 2.76. The molecule has 0 amide bonds. The van der Waals surface area contributed by atoms with Gasteiger partial charge in [0.15, 0.2) is 22.6 Å². The van der Waals surface area contributed by atoms with Crippen molar-refractivity contribution in [2.75, 3.05) is 0 Å². The van der Waals surface area contributed by atoms with Crippen molar-refractivity contribution in [1.29, 1.82) is 0 Å². The molecule has 0 aliphatic heterocycles. The van der Waals surface area contributed by atoms with E-state index in [1.807, 2.05) is 54.0 Å². The molecule has 0 atom stereocenters. The molecule has 0 fully saturated rings. The molecule has 4 aromatic rings. The van der Waals surface area contributed by atoms with Crippen molar-refractivity contribution in [2.45, 2.75) is 24.4 Å². The van der Waals surface area contributed by atoms with Gasteiger partial charge < -0.3 is 4.42 Å². The number of furan rings is 1. The summed E-state index contributed by atoms with van der Waals surface area (Å²) in [5.41, 5.74) is 0.927. The van der Waals surface area contributed by atoms with Gasteiger partial charge in [0.05, 0.1) is 17.7 Å². The second-order valence-corrected chi connectivity index (χ2v) is 6.10. The Morgan fingerprint density at radius 1 is 1.04 bits per heavy atom. The van der Waals surface area contributed by atoms with Gasteiger partial charge in [-0.15, -0.1) is 15.3 Å². The number of hydrogen-bond acceptors (Lipinski definition) is 7. The van der Waals surface area contributed by atoms with E-state index in [0.29, 0.717) is 11.5 Å². The van der Waals surface area contributed by atoms with E-state index in [1.165, 1.54) is 0 Å². The van der Waals surface area contributed by atoms with Crippen LogP contribution < -0.4 is 0 Å². The van der Waals surface area contributed by atoms with Gasteiger partial charge in [-0.05, 0) is 41.6 Å². The number of rotatable bonds is 6. The molecular formula is C16H15N7OS. The fourth-order valence-corrected chi connectivity index (χ4v) is 3.37. The van der Waals surface area contributed by atoms with Crippen molar-refractivity contribution in [2.24, 2.45) is 0 Å². The van der Waals surface area contributed by atoms with Crippen LogP contribution in [0.4, 0.5) is 0 Å². The molecule has 4 rings (SSSR count). The first-order valence-corrected chi connectivity index (χ1v) is 8.78. The zero-order valence-corrected chi connectivity index (χ0v) is 14.3. The van der Waals surface area contributed by atoms with Crippen LogP contribution in [0, 0.1) is 0 Å². The Labute approximate surface area is 147 Å². The first-order chi connectivity index (χ1) is 12.4. The van der Waals surface area contributed by atoms with Gasteiger partial charge in [0.25, 0.3) is 0 Å². The molecule has 0 saturated heterocycles. The summed E-state index contributed by atoms with van der Waals surface area (Å²) in [6, 6.07) is 13.5. The van der Waals surface area contributed by atoms with E-state index in [-0.39, 0.29) is 0 Å². The summed E-state index contributed by atoms with van der Waals surface area (Å²) in [7, 11) is 0. The largest absolute Gasteiger partial charge is 0.461 e. The number of aromatic nitrogens is 7. The Morgan fingerprint density at radius 2 is 1.92 bits per heavy atom.